The largest absolute Gasteiger partial charge is 0.457 e. The zero-order chi connectivity index (χ0) is 14.7. The molecule has 3 nitrogen and oxygen atoms in total. The van der Waals surface area contributed by atoms with Crippen molar-refractivity contribution in [1.82, 2.24) is 0 Å². The molecular formula is C14H10BrClFNO2. The number of hydrogen-bond acceptors (Lipinski definition) is 3. The Morgan fingerprint density at radius 3 is 2.80 bits per heavy atom. The van der Waals surface area contributed by atoms with Gasteiger partial charge in [-0.15, -0.1) is 0 Å². The van der Waals surface area contributed by atoms with E-state index in [1.807, 2.05) is 0 Å². The maximum Gasteiger partial charge on any atom is 0.340 e. The number of anilines is 1. The summed E-state index contributed by atoms with van der Waals surface area (Å²) in [5, 5.41) is 0.235. The van der Waals surface area contributed by atoms with Gasteiger partial charge in [0.05, 0.1) is 10.6 Å². The topological polar surface area (TPSA) is 52.3 Å². The van der Waals surface area contributed by atoms with E-state index in [0.29, 0.717) is 10.2 Å². The highest BCUT2D eigenvalue weighted by molar-refractivity contribution is 9.10. The highest BCUT2D eigenvalue weighted by atomic mass is 79.9. The van der Waals surface area contributed by atoms with Crippen molar-refractivity contribution in [3.63, 3.8) is 0 Å². The molecule has 0 amide bonds. The molecule has 0 aliphatic rings. The lowest BCUT2D eigenvalue weighted by atomic mass is 10.2. The van der Waals surface area contributed by atoms with Crippen LogP contribution in [0.5, 0.6) is 0 Å². The van der Waals surface area contributed by atoms with Gasteiger partial charge >= 0.3 is 5.97 Å². The number of hydrogen-bond donors (Lipinski definition) is 1. The number of nitrogen functional groups attached to an aromatic ring is 1. The first kappa shape index (κ1) is 14.8. The highest BCUT2D eigenvalue weighted by Gasteiger charge is 2.13. The fourth-order valence-electron chi connectivity index (χ4n) is 1.57. The van der Waals surface area contributed by atoms with Crippen molar-refractivity contribution in [3.8, 4) is 0 Å². The van der Waals surface area contributed by atoms with E-state index in [1.54, 1.807) is 18.2 Å². The third-order valence-corrected chi connectivity index (χ3v) is 3.40. The van der Waals surface area contributed by atoms with Crippen molar-refractivity contribution in [2.75, 3.05) is 5.73 Å². The Bertz CT molecular complexity index is 664. The van der Waals surface area contributed by atoms with E-state index in [9.17, 15) is 9.18 Å². The molecule has 0 unspecified atom stereocenters. The Hall–Kier alpha value is -1.59. The van der Waals surface area contributed by atoms with Crippen LogP contribution in [0, 0.1) is 5.82 Å². The van der Waals surface area contributed by atoms with Gasteiger partial charge in [0.2, 0.25) is 0 Å². The quantitative estimate of drug-likeness (QED) is 0.661. The number of benzene rings is 2. The van der Waals surface area contributed by atoms with Gasteiger partial charge in [-0.2, -0.15) is 0 Å². The molecule has 0 radical (unpaired) electrons. The van der Waals surface area contributed by atoms with Gasteiger partial charge in [0.15, 0.2) is 0 Å². The van der Waals surface area contributed by atoms with E-state index in [2.05, 4.69) is 15.9 Å². The molecule has 0 saturated heterocycles. The third kappa shape index (κ3) is 3.49. The summed E-state index contributed by atoms with van der Waals surface area (Å²) >= 11 is 9.12. The monoisotopic (exact) mass is 357 g/mol. The molecule has 0 atom stereocenters. The summed E-state index contributed by atoms with van der Waals surface area (Å²) in [5.74, 6) is -1.10. The van der Waals surface area contributed by atoms with E-state index in [-0.39, 0.29) is 22.8 Å². The fourth-order valence-corrected chi connectivity index (χ4v) is 2.18. The average Bonchev–Trinajstić information content (AvgIpc) is 2.42. The van der Waals surface area contributed by atoms with Gasteiger partial charge in [0.1, 0.15) is 12.4 Å². The molecule has 6 heteroatoms. The molecule has 0 fully saturated rings. The molecule has 2 N–H and O–H groups in total. The average molecular weight is 359 g/mol. The minimum absolute atomic E-state index is 0.155. The maximum absolute atomic E-state index is 13.5. The zero-order valence-electron chi connectivity index (χ0n) is 10.2. The van der Waals surface area contributed by atoms with Crippen LogP contribution in [0.3, 0.4) is 0 Å². The van der Waals surface area contributed by atoms with Crippen LogP contribution in [0.1, 0.15) is 15.9 Å². The van der Waals surface area contributed by atoms with Gasteiger partial charge < -0.3 is 10.5 Å². The molecule has 0 saturated carbocycles. The van der Waals surface area contributed by atoms with Crippen LogP contribution < -0.4 is 5.73 Å². The van der Waals surface area contributed by atoms with Gasteiger partial charge in [0.25, 0.3) is 0 Å². The summed E-state index contributed by atoms with van der Waals surface area (Å²) in [6.07, 6.45) is 0. The first-order chi connectivity index (χ1) is 9.47. The minimum atomic E-state index is -0.651. The molecule has 104 valence electrons. The van der Waals surface area contributed by atoms with Gasteiger partial charge in [-0.3, -0.25) is 0 Å². The standard InChI is InChI=1S/C14H10BrClFNO2/c15-9-1-4-13(17)8(5-9)7-20-14(19)11-6-10(18)2-3-12(11)16/h1-6H,7,18H2. The SMILES string of the molecule is Nc1ccc(Cl)c(C(=O)OCc2cc(Br)ccc2F)c1. The van der Waals surface area contributed by atoms with Crippen molar-refractivity contribution < 1.29 is 13.9 Å². The zero-order valence-corrected chi connectivity index (χ0v) is 12.5. The van der Waals surface area contributed by atoms with Crippen molar-refractivity contribution >= 4 is 39.2 Å². The predicted octanol–water partition coefficient (Wildman–Crippen LogP) is 4.18. The molecule has 0 bridgehead atoms. The van der Waals surface area contributed by atoms with Crippen LogP contribution in [0.15, 0.2) is 40.9 Å². The molecule has 2 rings (SSSR count). The Balaban J connectivity index is 2.12. The molecule has 0 spiro atoms. The first-order valence-electron chi connectivity index (χ1n) is 5.63. The van der Waals surface area contributed by atoms with E-state index in [1.165, 1.54) is 18.2 Å². The number of carbonyl (C=O) groups excluding carboxylic acids is 1. The number of esters is 1. The normalized spacial score (nSPS) is 10.3. The molecule has 0 heterocycles. The summed E-state index contributed by atoms with van der Waals surface area (Å²) in [6.45, 7) is -0.185. The van der Waals surface area contributed by atoms with Gasteiger partial charge in [-0.05, 0) is 36.4 Å². The molecule has 0 aliphatic carbocycles. The summed E-state index contributed by atoms with van der Waals surface area (Å²) in [5.41, 5.74) is 6.41. The number of nitrogens with two attached hydrogens (primary N) is 1. The number of ether oxygens (including phenoxy) is 1. The summed E-state index contributed by atoms with van der Waals surface area (Å²) < 4.78 is 19.3. The summed E-state index contributed by atoms with van der Waals surface area (Å²) in [4.78, 5) is 11.9. The van der Waals surface area contributed by atoms with Crippen LogP contribution in [-0.2, 0) is 11.3 Å². The van der Waals surface area contributed by atoms with E-state index >= 15 is 0 Å². The van der Waals surface area contributed by atoms with Crippen molar-refractivity contribution in [1.29, 1.82) is 0 Å². The Kier molecular flexibility index (Phi) is 4.62. The van der Waals surface area contributed by atoms with Crippen LogP contribution in [-0.4, -0.2) is 5.97 Å². The van der Waals surface area contributed by atoms with Crippen LogP contribution >= 0.6 is 27.5 Å². The maximum atomic E-state index is 13.5. The number of carbonyl (C=O) groups is 1. The Morgan fingerprint density at radius 1 is 1.30 bits per heavy atom. The van der Waals surface area contributed by atoms with Gasteiger partial charge in [0, 0.05) is 15.7 Å². The lowest BCUT2D eigenvalue weighted by molar-refractivity contribution is 0.0469. The van der Waals surface area contributed by atoms with E-state index in [4.69, 9.17) is 22.1 Å². The highest BCUT2D eigenvalue weighted by Crippen LogP contribution is 2.21. The summed E-state index contributed by atoms with van der Waals surface area (Å²) in [7, 11) is 0. The molecule has 2 aromatic rings. The fraction of sp³-hybridized carbons (Fsp3) is 0.0714. The molecule has 0 aromatic heterocycles. The first-order valence-corrected chi connectivity index (χ1v) is 6.80. The number of halogens is 3. The van der Waals surface area contributed by atoms with Crippen molar-refractivity contribution in [2.24, 2.45) is 0 Å². The van der Waals surface area contributed by atoms with Crippen LogP contribution in [0.25, 0.3) is 0 Å². The van der Waals surface area contributed by atoms with Gasteiger partial charge in [-0.1, -0.05) is 27.5 Å². The van der Waals surface area contributed by atoms with Crippen LogP contribution in [0.4, 0.5) is 10.1 Å². The molecule has 20 heavy (non-hydrogen) atoms. The van der Waals surface area contributed by atoms with Crippen molar-refractivity contribution in [3.05, 3.63) is 62.8 Å². The Morgan fingerprint density at radius 2 is 2.05 bits per heavy atom. The third-order valence-electron chi connectivity index (χ3n) is 2.58. The molecule has 2 aromatic carbocycles. The second-order valence-electron chi connectivity index (χ2n) is 4.05. The lowest BCUT2D eigenvalue weighted by Crippen LogP contribution is -2.07. The van der Waals surface area contributed by atoms with Crippen molar-refractivity contribution in [2.45, 2.75) is 6.61 Å². The van der Waals surface area contributed by atoms with Crippen LogP contribution in [0.2, 0.25) is 5.02 Å². The molecule has 0 aliphatic heterocycles. The molecular weight excluding hydrogens is 349 g/mol. The Labute approximate surface area is 128 Å². The second kappa shape index (κ2) is 6.24. The lowest BCUT2D eigenvalue weighted by Gasteiger charge is -2.08. The predicted molar refractivity (Wildman–Crippen MR) is 79.1 cm³/mol. The van der Waals surface area contributed by atoms with E-state index in [0.717, 1.165) is 0 Å². The second-order valence-corrected chi connectivity index (χ2v) is 5.37. The minimum Gasteiger partial charge on any atom is -0.457 e. The number of rotatable bonds is 3. The summed E-state index contributed by atoms with van der Waals surface area (Å²) in [6, 6.07) is 8.90. The smallest absolute Gasteiger partial charge is 0.340 e. The van der Waals surface area contributed by atoms with Gasteiger partial charge in [-0.25, -0.2) is 9.18 Å². The van der Waals surface area contributed by atoms with E-state index < -0.39 is 11.8 Å².